The first-order valence-electron chi connectivity index (χ1n) is 10.1. The summed E-state index contributed by atoms with van der Waals surface area (Å²) < 4.78 is 12.1. The van der Waals surface area contributed by atoms with E-state index < -0.39 is 5.60 Å². The smallest absolute Gasteiger partial charge is 0.410 e. The number of amides is 2. The van der Waals surface area contributed by atoms with E-state index in [4.69, 9.17) is 9.47 Å². The fraction of sp³-hybridized carbons (Fsp3) is 0.500. The van der Waals surface area contributed by atoms with Crippen LogP contribution in [0.4, 0.5) is 9.59 Å². The largest absolute Gasteiger partial charge is 0.497 e. The lowest BCUT2D eigenvalue weighted by atomic mass is 10.0. The van der Waals surface area contributed by atoms with Gasteiger partial charge >= 0.3 is 12.1 Å². The van der Waals surface area contributed by atoms with E-state index in [-0.39, 0.29) is 18.2 Å². The molecule has 0 unspecified atom stereocenters. The first-order valence-corrected chi connectivity index (χ1v) is 10.1. The molecule has 0 N–H and O–H groups in total. The highest BCUT2D eigenvalue weighted by molar-refractivity contribution is 5.78. The molecular formula is C22H30N4O4. The SMILES string of the molecule is COc1ccc(-c2cn(C(=O)N(C)C3CCN(C(=O)OC(C)(C)C)CC3)cn2)cc1. The minimum absolute atomic E-state index is 0.0584. The third-order valence-corrected chi connectivity index (χ3v) is 5.15. The third-order valence-electron chi connectivity index (χ3n) is 5.15. The van der Waals surface area contributed by atoms with Crippen LogP contribution >= 0.6 is 0 Å². The Kier molecular flexibility index (Phi) is 6.34. The summed E-state index contributed by atoms with van der Waals surface area (Å²) in [6, 6.07) is 7.46. The Morgan fingerprint density at radius 2 is 1.77 bits per heavy atom. The van der Waals surface area contributed by atoms with Crippen molar-refractivity contribution in [3.63, 3.8) is 0 Å². The zero-order chi connectivity index (χ0) is 21.9. The zero-order valence-corrected chi connectivity index (χ0v) is 18.3. The Bertz CT molecular complexity index is 877. The molecule has 1 aromatic carbocycles. The number of hydrogen-bond donors (Lipinski definition) is 0. The number of carbonyl (C=O) groups excluding carboxylic acids is 2. The van der Waals surface area contributed by atoms with Crippen LogP contribution in [0.15, 0.2) is 36.8 Å². The predicted octanol–water partition coefficient (Wildman–Crippen LogP) is 3.86. The maximum absolute atomic E-state index is 12.9. The highest BCUT2D eigenvalue weighted by Crippen LogP contribution is 2.22. The molecular weight excluding hydrogens is 384 g/mol. The molecule has 0 radical (unpaired) electrons. The summed E-state index contributed by atoms with van der Waals surface area (Å²) in [5.74, 6) is 0.770. The summed E-state index contributed by atoms with van der Waals surface area (Å²) in [6.45, 7) is 6.71. The molecule has 8 heteroatoms. The van der Waals surface area contributed by atoms with Crippen molar-refractivity contribution in [2.45, 2.75) is 45.3 Å². The molecule has 2 amide bonds. The van der Waals surface area contributed by atoms with Crippen molar-refractivity contribution in [1.82, 2.24) is 19.4 Å². The fourth-order valence-electron chi connectivity index (χ4n) is 3.44. The molecule has 1 aromatic heterocycles. The molecule has 0 bridgehead atoms. The third kappa shape index (κ3) is 5.11. The summed E-state index contributed by atoms with van der Waals surface area (Å²) >= 11 is 0. The maximum Gasteiger partial charge on any atom is 0.410 e. The van der Waals surface area contributed by atoms with Gasteiger partial charge in [-0.1, -0.05) is 0 Å². The molecule has 0 spiro atoms. The number of carbonyl (C=O) groups is 2. The molecule has 0 aliphatic carbocycles. The second kappa shape index (κ2) is 8.77. The van der Waals surface area contributed by atoms with Crippen LogP contribution in [0.3, 0.4) is 0 Å². The van der Waals surface area contributed by atoms with E-state index in [1.54, 1.807) is 30.2 Å². The number of aromatic nitrogens is 2. The van der Waals surface area contributed by atoms with Crippen molar-refractivity contribution in [1.29, 1.82) is 0 Å². The average Bonchev–Trinajstić information content (AvgIpc) is 3.22. The van der Waals surface area contributed by atoms with E-state index in [0.717, 1.165) is 17.0 Å². The second-order valence-corrected chi connectivity index (χ2v) is 8.49. The lowest BCUT2D eigenvalue weighted by Crippen LogP contribution is -2.49. The molecule has 2 heterocycles. The van der Waals surface area contributed by atoms with Crippen LogP contribution in [0.5, 0.6) is 5.75 Å². The molecule has 1 aliphatic heterocycles. The van der Waals surface area contributed by atoms with Gasteiger partial charge in [-0.25, -0.2) is 14.6 Å². The summed E-state index contributed by atoms with van der Waals surface area (Å²) in [5, 5.41) is 0. The van der Waals surface area contributed by atoms with Crippen molar-refractivity contribution in [2.24, 2.45) is 0 Å². The van der Waals surface area contributed by atoms with Gasteiger partial charge in [-0.05, 0) is 57.9 Å². The molecule has 1 fully saturated rings. The molecule has 0 saturated carbocycles. The highest BCUT2D eigenvalue weighted by atomic mass is 16.6. The second-order valence-electron chi connectivity index (χ2n) is 8.49. The van der Waals surface area contributed by atoms with E-state index in [1.807, 2.05) is 45.0 Å². The lowest BCUT2D eigenvalue weighted by Gasteiger charge is -2.37. The quantitative estimate of drug-likeness (QED) is 0.762. The first kappa shape index (κ1) is 21.7. The number of imidazole rings is 1. The van der Waals surface area contributed by atoms with Gasteiger partial charge in [-0.3, -0.25) is 4.57 Å². The van der Waals surface area contributed by atoms with Gasteiger partial charge in [0.15, 0.2) is 0 Å². The maximum atomic E-state index is 12.9. The summed E-state index contributed by atoms with van der Waals surface area (Å²) in [6.07, 6.45) is 4.39. The van der Waals surface area contributed by atoms with Crippen molar-refractivity contribution in [2.75, 3.05) is 27.2 Å². The van der Waals surface area contributed by atoms with Gasteiger partial charge in [-0.15, -0.1) is 0 Å². The average molecular weight is 415 g/mol. The molecule has 2 aromatic rings. The molecule has 0 atom stereocenters. The summed E-state index contributed by atoms with van der Waals surface area (Å²) in [7, 11) is 3.42. The van der Waals surface area contributed by atoms with Crippen LogP contribution in [0.1, 0.15) is 33.6 Å². The number of benzene rings is 1. The Hall–Kier alpha value is -3.03. The number of hydrogen-bond acceptors (Lipinski definition) is 5. The molecule has 30 heavy (non-hydrogen) atoms. The molecule has 3 rings (SSSR count). The van der Waals surface area contributed by atoms with Gasteiger partial charge in [0.2, 0.25) is 0 Å². The predicted molar refractivity (Wildman–Crippen MR) is 114 cm³/mol. The van der Waals surface area contributed by atoms with Crippen LogP contribution < -0.4 is 4.74 Å². The minimum Gasteiger partial charge on any atom is -0.497 e. The highest BCUT2D eigenvalue weighted by Gasteiger charge is 2.30. The van der Waals surface area contributed by atoms with E-state index in [9.17, 15) is 9.59 Å². The molecule has 1 aliphatic rings. The van der Waals surface area contributed by atoms with Crippen LogP contribution in [0, 0.1) is 0 Å². The van der Waals surface area contributed by atoms with E-state index in [2.05, 4.69) is 4.98 Å². The van der Waals surface area contributed by atoms with Crippen LogP contribution in [-0.2, 0) is 4.74 Å². The van der Waals surface area contributed by atoms with Crippen molar-refractivity contribution >= 4 is 12.1 Å². The Morgan fingerprint density at radius 1 is 1.13 bits per heavy atom. The number of ether oxygens (including phenoxy) is 2. The van der Waals surface area contributed by atoms with Crippen LogP contribution in [-0.4, -0.2) is 70.4 Å². The van der Waals surface area contributed by atoms with Crippen molar-refractivity contribution in [3.05, 3.63) is 36.8 Å². The topological polar surface area (TPSA) is 76.9 Å². The molecule has 1 saturated heterocycles. The first-order chi connectivity index (χ1) is 14.2. The Labute approximate surface area is 177 Å². The van der Waals surface area contributed by atoms with Gasteiger partial charge in [0.25, 0.3) is 0 Å². The Morgan fingerprint density at radius 3 is 2.33 bits per heavy atom. The monoisotopic (exact) mass is 414 g/mol. The number of rotatable bonds is 3. The number of nitrogens with zero attached hydrogens (tertiary/aromatic N) is 4. The van der Waals surface area contributed by atoms with E-state index in [0.29, 0.717) is 25.9 Å². The number of piperidine rings is 1. The number of likely N-dealkylation sites (tertiary alicyclic amines) is 1. The number of methoxy groups -OCH3 is 1. The van der Waals surface area contributed by atoms with Crippen LogP contribution in [0.25, 0.3) is 11.3 Å². The van der Waals surface area contributed by atoms with Crippen LogP contribution in [0.2, 0.25) is 0 Å². The normalized spacial score (nSPS) is 15.0. The molecule has 8 nitrogen and oxygen atoms in total. The van der Waals surface area contributed by atoms with Gasteiger partial charge < -0.3 is 19.3 Å². The summed E-state index contributed by atoms with van der Waals surface area (Å²) in [4.78, 5) is 32.9. The van der Waals surface area contributed by atoms with E-state index in [1.165, 1.54) is 10.9 Å². The van der Waals surface area contributed by atoms with Gasteiger partial charge in [0.1, 0.15) is 17.7 Å². The minimum atomic E-state index is -0.510. The van der Waals surface area contributed by atoms with Gasteiger partial charge in [-0.2, -0.15) is 0 Å². The van der Waals surface area contributed by atoms with E-state index >= 15 is 0 Å². The van der Waals surface area contributed by atoms with Crippen molar-refractivity contribution in [3.8, 4) is 17.0 Å². The Balaban J connectivity index is 1.59. The zero-order valence-electron chi connectivity index (χ0n) is 18.3. The van der Waals surface area contributed by atoms with Gasteiger partial charge in [0.05, 0.1) is 12.8 Å². The lowest BCUT2D eigenvalue weighted by molar-refractivity contribution is 0.0172. The molecule has 162 valence electrons. The van der Waals surface area contributed by atoms with Crippen molar-refractivity contribution < 1.29 is 19.1 Å². The summed E-state index contributed by atoms with van der Waals surface area (Å²) in [5.41, 5.74) is 1.12. The standard InChI is InChI=1S/C22H30N4O4/c1-22(2,3)30-21(28)25-12-10-17(11-13-25)24(4)20(27)26-14-19(23-15-26)16-6-8-18(29-5)9-7-16/h6-9,14-15,17H,10-13H2,1-5H3. The van der Waals surface area contributed by atoms with Gasteiger partial charge in [0, 0.05) is 37.9 Å². The fourth-order valence-corrected chi connectivity index (χ4v) is 3.44.